The number of hydrazone groups is 1. The van der Waals surface area contributed by atoms with Gasteiger partial charge in [0.2, 0.25) is 11.6 Å². The zero-order valence-corrected chi connectivity index (χ0v) is 23.4. The van der Waals surface area contributed by atoms with E-state index in [2.05, 4.69) is 35.8 Å². The molecule has 2 heterocycles. The highest BCUT2D eigenvalue weighted by molar-refractivity contribution is 5.99. The molecule has 4 fully saturated rings. The van der Waals surface area contributed by atoms with Gasteiger partial charge in [-0.25, -0.2) is 10.1 Å². The Balaban J connectivity index is 1.07. The fourth-order valence-electron chi connectivity index (χ4n) is 7.32. The molecule has 13 heteroatoms. The van der Waals surface area contributed by atoms with Crippen LogP contribution >= 0.6 is 0 Å². The van der Waals surface area contributed by atoms with Crippen molar-refractivity contribution in [2.24, 2.45) is 34.7 Å². The Labute approximate surface area is 246 Å². The zero-order valence-electron chi connectivity index (χ0n) is 23.4. The monoisotopic (exact) mass is 582 g/mol. The lowest BCUT2D eigenvalue weighted by atomic mass is 9.52. The van der Waals surface area contributed by atoms with Crippen molar-refractivity contribution in [2.75, 3.05) is 12.8 Å². The van der Waals surface area contributed by atoms with Crippen molar-refractivity contribution < 1.29 is 23.7 Å². The van der Waals surface area contributed by atoms with Crippen molar-refractivity contribution in [3.05, 3.63) is 59.8 Å². The van der Waals surface area contributed by atoms with E-state index >= 15 is 0 Å². The summed E-state index contributed by atoms with van der Waals surface area (Å²) in [6.07, 6.45) is 7.32. The molecule has 220 valence electrons. The molecule has 0 unspecified atom stereocenters. The normalized spacial score (nSPS) is 23.9. The molecule has 4 aliphatic carbocycles. The van der Waals surface area contributed by atoms with Crippen molar-refractivity contribution >= 4 is 23.9 Å². The summed E-state index contributed by atoms with van der Waals surface area (Å²) in [6.45, 7) is 0. The minimum atomic E-state index is -0.615. The van der Waals surface area contributed by atoms with Crippen LogP contribution in [0.2, 0.25) is 0 Å². The van der Waals surface area contributed by atoms with Gasteiger partial charge in [-0.3, -0.25) is 9.59 Å². The van der Waals surface area contributed by atoms with Crippen LogP contribution in [0.5, 0.6) is 11.5 Å². The number of nitrogens with one attached hydrogen (secondary N) is 1. The van der Waals surface area contributed by atoms with Gasteiger partial charge in [0.05, 0.1) is 19.2 Å². The third kappa shape index (κ3) is 5.00. The molecule has 0 spiro atoms. The molecule has 4 aliphatic rings. The highest BCUT2D eigenvalue weighted by Gasteiger charge is 2.51. The maximum absolute atomic E-state index is 13.3. The summed E-state index contributed by atoms with van der Waals surface area (Å²) in [5.41, 5.74) is 9.96. The molecule has 3 N–H and O–H groups in total. The van der Waals surface area contributed by atoms with Gasteiger partial charge >= 0.3 is 5.97 Å². The molecule has 4 bridgehead atoms. The number of amides is 1. The average Bonchev–Trinajstić information content (AvgIpc) is 3.63. The fraction of sp³-hybridized carbons (Fsp3) is 0.367. The Morgan fingerprint density at radius 3 is 2.44 bits per heavy atom. The summed E-state index contributed by atoms with van der Waals surface area (Å²) in [5.74, 6) is 2.31. The molecule has 2 aromatic carbocycles. The van der Waals surface area contributed by atoms with Gasteiger partial charge in [0, 0.05) is 5.56 Å². The van der Waals surface area contributed by atoms with E-state index in [0.717, 1.165) is 42.2 Å². The summed E-state index contributed by atoms with van der Waals surface area (Å²) in [7, 11) is 1.52. The van der Waals surface area contributed by atoms with Crippen LogP contribution in [0.4, 0.5) is 5.82 Å². The third-order valence-electron chi connectivity index (χ3n) is 8.91. The van der Waals surface area contributed by atoms with E-state index in [1.807, 2.05) is 18.2 Å². The number of aromatic nitrogens is 5. The number of rotatable bonds is 8. The molecule has 13 nitrogen and oxygen atoms in total. The number of nitrogens with zero attached hydrogens (tertiary/aromatic N) is 6. The van der Waals surface area contributed by atoms with Gasteiger partial charge in [-0.2, -0.15) is 9.78 Å². The van der Waals surface area contributed by atoms with E-state index < -0.39 is 5.91 Å². The highest BCUT2D eigenvalue weighted by atomic mass is 16.6. The van der Waals surface area contributed by atoms with Crippen LogP contribution in [0.1, 0.15) is 48.2 Å². The van der Waals surface area contributed by atoms with Gasteiger partial charge < -0.3 is 15.2 Å². The number of carbonyl (C=O) groups excluding carboxylic acids is 2. The topological polar surface area (TPSA) is 173 Å². The minimum Gasteiger partial charge on any atom is -0.493 e. The maximum atomic E-state index is 13.3. The first-order valence-corrected chi connectivity index (χ1v) is 14.3. The Hall–Kier alpha value is -5.07. The van der Waals surface area contributed by atoms with Crippen LogP contribution in [0, 0.1) is 29.6 Å². The van der Waals surface area contributed by atoms with E-state index in [9.17, 15) is 9.59 Å². The minimum absolute atomic E-state index is 0.0207. The largest absolute Gasteiger partial charge is 0.493 e. The van der Waals surface area contributed by atoms with E-state index in [0.29, 0.717) is 40.2 Å². The van der Waals surface area contributed by atoms with E-state index in [-0.39, 0.29) is 29.2 Å². The summed E-state index contributed by atoms with van der Waals surface area (Å²) < 4.78 is 17.3. The summed E-state index contributed by atoms with van der Waals surface area (Å²) in [5, 5.41) is 19.6. The summed E-state index contributed by atoms with van der Waals surface area (Å²) >= 11 is 0. The van der Waals surface area contributed by atoms with Crippen LogP contribution < -0.4 is 20.6 Å². The lowest BCUT2D eigenvalue weighted by Crippen LogP contribution is -2.49. The number of esters is 1. The Bertz CT molecular complexity index is 1670. The van der Waals surface area contributed by atoms with Crippen molar-refractivity contribution in [3.63, 3.8) is 0 Å². The van der Waals surface area contributed by atoms with E-state index in [1.165, 1.54) is 19.7 Å². The van der Waals surface area contributed by atoms with Crippen LogP contribution in [0.3, 0.4) is 0 Å². The molecule has 0 atom stereocenters. The quantitative estimate of drug-likeness (QED) is 0.135. The standard InChI is InChI=1S/C30H30N8O5/c1-41-23-14-16(7-8-22(23)42-30(40)24-20-10-17-9-18(12-20)13-21(24)11-17)15-32-34-29(39)26-25(19-5-3-2-4-6-19)33-37-38(26)28-27(31)35-43-36-28/h2-8,14-15,17-18,20-21,24H,9-13H2,1H3,(H2,31,35)(H,34,39)/b32-15-. The van der Waals surface area contributed by atoms with Crippen LogP contribution in [0.15, 0.2) is 58.3 Å². The lowest BCUT2D eigenvalue weighted by molar-refractivity contribution is -0.152. The van der Waals surface area contributed by atoms with Gasteiger partial charge in [0.15, 0.2) is 17.2 Å². The molecular weight excluding hydrogens is 552 g/mol. The second-order valence-electron chi connectivity index (χ2n) is 11.5. The van der Waals surface area contributed by atoms with Gasteiger partial charge in [-0.05, 0) is 89.9 Å². The second kappa shape index (κ2) is 11.0. The molecule has 8 rings (SSSR count). The van der Waals surface area contributed by atoms with Crippen molar-refractivity contribution in [1.29, 1.82) is 0 Å². The molecule has 0 aliphatic heterocycles. The van der Waals surface area contributed by atoms with Crippen molar-refractivity contribution in [2.45, 2.75) is 32.1 Å². The molecule has 2 aromatic heterocycles. The van der Waals surface area contributed by atoms with Crippen molar-refractivity contribution in [1.82, 2.24) is 30.7 Å². The summed E-state index contributed by atoms with van der Waals surface area (Å²) in [4.78, 5) is 26.6. The maximum Gasteiger partial charge on any atom is 0.315 e. The number of hydrogen-bond donors (Lipinski definition) is 2. The Morgan fingerprint density at radius 1 is 1.02 bits per heavy atom. The second-order valence-corrected chi connectivity index (χ2v) is 11.5. The third-order valence-corrected chi connectivity index (χ3v) is 8.91. The number of benzene rings is 2. The first-order valence-electron chi connectivity index (χ1n) is 14.3. The summed E-state index contributed by atoms with van der Waals surface area (Å²) in [6, 6.07) is 14.2. The van der Waals surface area contributed by atoms with E-state index in [4.69, 9.17) is 15.2 Å². The molecule has 1 amide bonds. The number of anilines is 1. The van der Waals surface area contributed by atoms with Crippen LogP contribution in [-0.2, 0) is 4.79 Å². The van der Waals surface area contributed by atoms with Crippen molar-refractivity contribution in [3.8, 4) is 28.6 Å². The predicted molar refractivity (Wildman–Crippen MR) is 153 cm³/mol. The molecular formula is C30H30N8O5. The molecule has 43 heavy (non-hydrogen) atoms. The van der Waals surface area contributed by atoms with Gasteiger partial charge in [-0.1, -0.05) is 35.5 Å². The molecule has 4 saturated carbocycles. The lowest BCUT2D eigenvalue weighted by Gasteiger charge is -2.53. The molecule has 0 saturated heterocycles. The fourth-order valence-corrected chi connectivity index (χ4v) is 7.32. The number of methoxy groups -OCH3 is 1. The van der Waals surface area contributed by atoms with Crippen LogP contribution in [0.25, 0.3) is 17.1 Å². The molecule has 4 aromatic rings. The van der Waals surface area contributed by atoms with Gasteiger partial charge in [0.25, 0.3) is 5.91 Å². The number of hydrogen-bond acceptors (Lipinski definition) is 11. The highest BCUT2D eigenvalue weighted by Crippen LogP contribution is 2.56. The number of carbonyl (C=O) groups is 2. The molecule has 0 radical (unpaired) electrons. The van der Waals surface area contributed by atoms with Gasteiger partial charge in [-0.15, -0.1) is 5.10 Å². The van der Waals surface area contributed by atoms with Crippen LogP contribution in [-0.4, -0.2) is 50.5 Å². The SMILES string of the molecule is COc1cc(/C=N\NC(=O)c2c(-c3ccccc3)nnn2-c2nonc2N)ccc1OC(=O)C1C2CC3CC(C2)CC1C3. The zero-order chi connectivity index (χ0) is 29.5. The number of ether oxygens (including phenoxy) is 2. The first-order chi connectivity index (χ1) is 21.0. The Morgan fingerprint density at radius 2 is 1.77 bits per heavy atom. The van der Waals surface area contributed by atoms with Gasteiger partial charge in [0.1, 0.15) is 5.69 Å². The van der Waals surface area contributed by atoms with E-state index in [1.54, 1.807) is 30.3 Å². The number of nitrogen functional groups attached to an aromatic ring is 1. The number of nitrogens with two attached hydrogens (primary N) is 1. The first kappa shape index (κ1) is 26.8. The predicted octanol–water partition coefficient (Wildman–Crippen LogP) is 3.65. The Kier molecular flexibility index (Phi) is 6.84. The average molecular weight is 583 g/mol. The smallest absolute Gasteiger partial charge is 0.315 e.